The first kappa shape index (κ1) is 19.9. The number of esters is 1. The Kier molecular flexibility index (Phi) is 7.12. The first-order chi connectivity index (χ1) is 12.4. The van der Waals surface area contributed by atoms with Gasteiger partial charge in [0.05, 0.1) is 12.8 Å². The quantitative estimate of drug-likeness (QED) is 0.715. The van der Waals surface area contributed by atoms with Crippen molar-refractivity contribution in [1.29, 1.82) is 0 Å². The van der Waals surface area contributed by atoms with Crippen LogP contribution < -0.4 is 14.8 Å². The van der Waals surface area contributed by atoms with Crippen molar-refractivity contribution in [3.05, 3.63) is 52.5 Å². The molecule has 0 unspecified atom stereocenters. The van der Waals surface area contributed by atoms with Gasteiger partial charge in [0.2, 0.25) is 0 Å². The maximum absolute atomic E-state index is 12.0. The SMILES string of the molecule is COc1ccc(Cl)cc1NC(=O)COC(=O)[C@@H](C)Oc1ccc(Cl)cc1. The van der Waals surface area contributed by atoms with E-state index in [9.17, 15) is 9.59 Å². The summed E-state index contributed by atoms with van der Waals surface area (Å²) in [5.74, 6) is -0.300. The number of carbonyl (C=O) groups excluding carboxylic acids is 2. The number of ether oxygens (including phenoxy) is 3. The monoisotopic (exact) mass is 397 g/mol. The molecule has 0 bridgehead atoms. The maximum Gasteiger partial charge on any atom is 0.347 e. The van der Waals surface area contributed by atoms with E-state index >= 15 is 0 Å². The summed E-state index contributed by atoms with van der Waals surface area (Å²) in [5.41, 5.74) is 0.381. The van der Waals surface area contributed by atoms with Crippen LogP contribution in [-0.4, -0.2) is 31.7 Å². The molecule has 26 heavy (non-hydrogen) atoms. The molecule has 138 valence electrons. The molecule has 0 aliphatic rings. The van der Waals surface area contributed by atoms with Gasteiger partial charge in [-0.25, -0.2) is 4.79 Å². The summed E-state index contributed by atoms with van der Waals surface area (Å²) in [5, 5.41) is 3.56. The molecule has 2 rings (SSSR count). The number of nitrogens with one attached hydrogen (secondary N) is 1. The van der Waals surface area contributed by atoms with Crippen LogP contribution in [0.15, 0.2) is 42.5 Å². The molecule has 0 aliphatic heterocycles. The molecule has 1 amide bonds. The zero-order chi connectivity index (χ0) is 19.1. The van der Waals surface area contributed by atoms with Gasteiger partial charge in [-0.05, 0) is 49.4 Å². The molecule has 6 nitrogen and oxygen atoms in total. The molecule has 0 fully saturated rings. The minimum atomic E-state index is -0.885. The molecule has 0 heterocycles. The van der Waals surface area contributed by atoms with E-state index in [0.29, 0.717) is 27.2 Å². The summed E-state index contributed by atoms with van der Waals surface area (Å²) in [6.07, 6.45) is -0.885. The van der Waals surface area contributed by atoms with Crippen LogP contribution in [0, 0.1) is 0 Å². The molecule has 0 saturated carbocycles. The van der Waals surface area contributed by atoms with Crippen LogP contribution in [-0.2, 0) is 14.3 Å². The van der Waals surface area contributed by atoms with Crippen molar-refractivity contribution in [1.82, 2.24) is 0 Å². The molecule has 0 aliphatic carbocycles. The Morgan fingerprint density at radius 1 is 1.08 bits per heavy atom. The summed E-state index contributed by atoms with van der Waals surface area (Å²) in [6, 6.07) is 11.3. The van der Waals surface area contributed by atoms with Gasteiger partial charge in [0.1, 0.15) is 11.5 Å². The minimum Gasteiger partial charge on any atom is -0.495 e. The number of anilines is 1. The van der Waals surface area contributed by atoms with Crippen LogP contribution in [0.1, 0.15) is 6.92 Å². The zero-order valence-electron chi connectivity index (χ0n) is 14.1. The van der Waals surface area contributed by atoms with Gasteiger partial charge in [-0.2, -0.15) is 0 Å². The predicted molar refractivity (Wildman–Crippen MR) is 99.1 cm³/mol. The molecule has 0 saturated heterocycles. The first-order valence-corrected chi connectivity index (χ1v) is 8.37. The lowest BCUT2D eigenvalue weighted by atomic mass is 10.3. The van der Waals surface area contributed by atoms with Gasteiger partial charge in [-0.1, -0.05) is 23.2 Å². The number of methoxy groups -OCH3 is 1. The molecule has 0 aromatic heterocycles. The highest BCUT2D eigenvalue weighted by Crippen LogP contribution is 2.27. The topological polar surface area (TPSA) is 73.9 Å². The van der Waals surface area contributed by atoms with Crippen LogP contribution in [0.2, 0.25) is 10.0 Å². The van der Waals surface area contributed by atoms with E-state index in [1.165, 1.54) is 20.1 Å². The fraction of sp³-hybridized carbons (Fsp3) is 0.222. The number of amides is 1. The lowest BCUT2D eigenvalue weighted by Crippen LogP contribution is -2.29. The molecular weight excluding hydrogens is 381 g/mol. The standard InChI is InChI=1S/C18H17Cl2NO5/c1-11(26-14-6-3-12(19)4-7-14)18(23)25-10-17(22)21-15-9-13(20)5-8-16(15)24-2/h3-9,11H,10H2,1-2H3,(H,21,22)/t11-/m1/s1. The second-order valence-corrected chi connectivity index (χ2v) is 6.09. The summed E-state index contributed by atoms with van der Waals surface area (Å²) in [7, 11) is 1.47. The van der Waals surface area contributed by atoms with E-state index in [-0.39, 0.29) is 0 Å². The van der Waals surface area contributed by atoms with Crippen molar-refractivity contribution in [2.24, 2.45) is 0 Å². The average molecular weight is 398 g/mol. The van der Waals surface area contributed by atoms with Gasteiger partial charge in [0.15, 0.2) is 12.7 Å². The Labute approximate surface area is 160 Å². The molecule has 1 N–H and O–H groups in total. The minimum absolute atomic E-state index is 0.381. The van der Waals surface area contributed by atoms with Crippen LogP contribution in [0.25, 0.3) is 0 Å². The van der Waals surface area contributed by atoms with E-state index in [2.05, 4.69) is 5.32 Å². The summed E-state index contributed by atoms with van der Waals surface area (Å²) < 4.78 is 15.5. The highest BCUT2D eigenvalue weighted by atomic mass is 35.5. The van der Waals surface area contributed by atoms with E-state index < -0.39 is 24.6 Å². The smallest absolute Gasteiger partial charge is 0.347 e. The lowest BCUT2D eigenvalue weighted by Gasteiger charge is -2.14. The summed E-state index contributed by atoms with van der Waals surface area (Å²) in [6.45, 7) is 1.05. The van der Waals surface area contributed by atoms with Gasteiger partial charge < -0.3 is 19.5 Å². The van der Waals surface area contributed by atoms with Crippen molar-refractivity contribution in [2.75, 3.05) is 19.0 Å². The van der Waals surface area contributed by atoms with Gasteiger partial charge in [0.25, 0.3) is 5.91 Å². The lowest BCUT2D eigenvalue weighted by molar-refractivity contribution is -0.153. The van der Waals surface area contributed by atoms with Crippen molar-refractivity contribution in [2.45, 2.75) is 13.0 Å². The summed E-state index contributed by atoms with van der Waals surface area (Å²) >= 11 is 11.7. The number of halogens is 2. The van der Waals surface area contributed by atoms with E-state index in [0.717, 1.165) is 0 Å². The Hall–Kier alpha value is -2.44. The molecule has 0 spiro atoms. The largest absolute Gasteiger partial charge is 0.495 e. The number of benzene rings is 2. The van der Waals surface area contributed by atoms with Gasteiger partial charge >= 0.3 is 5.97 Å². The highest BCUT2D eigenvalue weighted by molar-refractivity contribution is 6.31. The van der Waals surface area contributed by atoms with Gasteiger partial charge in [-0.15, -0.1) is 0 Å². The van der Waals surface area contributed by atoms with Crippen LogP contribution in [0.3, 0.4) is 0 Å². The zero-order valence-corrected chi connectivity index (χ0v) is 15.6. The normalized spacial score (nSPS) is 11.4. The molecule has 8 heteroatoms. The van der Waals surface area contributed by atoms with Gasteiger partial charge in [-0.3, -0.25) is 4.79 Å². The van der Waals surface area contributed by atoms with Crippen molar-refractivity contribution in [3.8, 4) is 11.5 Å². The molecular formula is C18H17Cl2NO5. The number of hydrogen-bond acceptors (Lipinski definition) is 5. The number of hydrogen-bond donors (Lipinski definition) is 1. The number of carbonyl (C=O) groups is 2. The number of rotatable bonds is 7. The highest BCUT2D eigenvalue weighted by Gasteiger charge is 2.18. The van der Waals surface area contributed by atoms with Gasteiger partial charge in [0, 0.05) is 10.0 Å². The predicted octanol–water partition coefficient (Wildman–Crippen LogP) is 3.95. The fourth-order valence-corrected chi connectivity index (χ4v) is 2.28. The van der Waals surface area contributed by atoms with E-state index in [4.69, 9.17) is 37.4 Å². The van der Waals surface area contributed by atoms with Crippen molar-refractivity contribution in [3.63, 3.8) is 0 Å². The Bertz CT molecular complexity index is 780. The molecule has 1 atom stereocenters. The van der Waals surface area contributed by atoms with E-state index in [1.54, 1.807) is 36.4 Å². The Balaban J connectivity index is 1.85. The second-order valence-electron chi connectivity index (χ2n) is 5.21. The molecule has 2 aromatic carbocycles. The molecule has 0 radical (unpaired) electrons. The van der Waals surface area contributed by atoms with Crippen LogP contribution in [0.5, 0.6) is 11.5 Å². The summed E-state index contributed by atoms with van der Waals surface area (Å²) in [4.78, 5) is 23.9. The average Bonchev–Trinajstić information content (AvgIpc) is 2.61. The van der Waals surface area contributed by atoms with E-state index in [1.807, 2.05) is 0 Å². The van der Waals surface area contributed by atoms with Crippen molar-refractivity contribution < 1.29 is 23.8 Å². The first-order valence-electron chi connectivity index (χ1n) is 7.61. The maximum atomic E-state index is 12.0. The fourth-order valence-electron chi connectivity index (χ4n) is 1.98. The van der Waals surface area contributed by atoms with Crippen LogP contribution >= 0.6 is 23.2 Å². The molecule has 2 aromatic rings. The van der Waals surface area contributed by atoms with Crippen LogP contribution in [0.4, 0.5) is 5.69 Å². The second kappa shape index (κ2) is 9.31. The Morgan fingerprint density at radius 3 is 2.38 bits per heavy atom. The van der Waals surface area contributed by atoms with Crippen molar-refractivity contribution >= 4 is 40.8 Å². The Morgan fingerprint density at radius 2 is 1.73 bits per heavy atom. The third kappa shape index (κ3) is 5.82. The third-order valence-electron chi connectivity index (χ3n) is 3.24. The third-order valence-corrected chi connectivity index (χ3v) is 3.73.